The lowest BCUT2D eigenvalue weighted by atomic mass is 10.0. The first-order valence-corrected chi connectivity index (χ1v) is 7.17. The van der Waals surface area contributed by atoms with Crippen molar-refractivity contribution < 1.29 is 18.8 Å². The van der Waals surface area contributed by atoms with E-state index in [1.807, 2.05) is 0 Å². The average molecular weight is 345 g/mol. The topological polar surface area (TPSA) is 126 Å². The SMILES string of the molecule is CCOC(=O)c1cn2ncnc(N)c2c1-c1ccc([N+](=O)[O-])c(F)c1. The first-order chi connectivity index (χ1) is 11.9. The van der Waals surface area contributed by atoms with E-state index in [1.165, 1.54) is 23.1 Å². The Morgan fingerprint density at radius 2 is 2.24 bits per heavy atom. The van der Waals surface area contributed by atoms with E-state index in [4.69, 9.17) is 10.5 Å². The molecule has 2 heterocycles. The van der Waals surface area contributed by atoms with Crippen LogP contribution in [0, 0.1) is 15.9 Å². The lowest BCUT2D eigenvalue weighted by molar-refractivity contribution is -0.387. The molecule has 0 saturated heterocycles. The molecule has 0 unspecified atom stereocenters. The van der Waals surface area contributed by atoms with E-state index in [0.29, 0.717) is 0 Å². The minimum absolute atomic E-state index is 0.0688. The fourth-order valence-electron chi connectivity index (χ4n) is 2.50. The molecule has 0 saturated carbocycles. The Balaban J connectivity index is 2.30. The molecule has 10 heteroatoms. The maximum absolute atomic E-state index is 14.0. The molecule has 0 bridgehead atoms. The van der Waals surface area contributed by atoms with Gasteiger partial charge in [0.05, 0.1) is 17.1 Å². The summed E-state index contributed by atoms with van der Waals surface area (Å²) in [4.78, 5) is 26.1. The van der Waals surface area contributed by atoms with Crippen molar-refractivity contribution in [3.63, 3.8) is 0 Å². The summed E-state index contributed by atoms with van der Waals surface area (Å²) in [6, 6.07) is 3.30. The summed E-state index contributed by atoms with van der Waals surface area (Å²) in [5.74, 6) is -1.62. The molecule has 0 amide bonds. The van der Waals surface area contributed by atoms with Crippen molar-refractivity contribution >= 4 is 23.0 Å². The van der Waals surface area contributed by atoms with Crippen molar-refractivity contribution in [2.24, 2.45) is 0 Å². The van der Waals surface area contributed by atoms with Crippen molar-refractivity contribution in [2.45, 2.75) is 6.92 Å². The largest absolute Gasteiger partial charge is 0.462 e. The Kier molecular flexibility index (Phi) is 4.01. The van der Waals surface area contributed by atoms with E-state index >= 15 is 0 Å². The maximum Gasteiger partial charge on any atom is 0.340 e. The number of anilines is 1. The van der Waals surface area contributed by atoms with Crippen LogP contribution >= 0.6 is 0 Å². The number of nitrogens with zero attached hydrogens (tertiary/aromatic N) is 4. The second-order valence-electron chi connectivity index (χ2n) is 5.00. The smallest absolute Gasteiger partial charge is 0.340 e. The van der Waals surface area contributed by atoms with Gasteiger partial charge in [-0.05, 0) is 24.6 Å². The number of nitrogens with two attached hydrogens (primary N) is 1. The van der Waals surface area contributed by atoms with Crippen LogP contribution in [0.15, 0.2) is 30.7 Å². The number of carbonyl (C=O) groups is 1. The first kappa shape index (κ1) is 16.3. The molecule has 25 heavy (non-hydrogen) atoms. The number of halogens is 1. The predicted molar refractivity (Wildman–Crippen MR) is 85.4 cm³/mol. The summed E-state index contributed by atoms with van der Waals surface area (Å²) in [6.07, 6.45) is 2.59. The van der Waals surface area contributed by atoms with Crippen LogP contribution in [0.2, 0.25) is 0 Å². The van der Waals surface area contributed by atoms with Crippen LogP contribution < -0.4 is 5.73 Å². The van der Waals surface area contributed by atoms with E-state index in [1.54, 1.807) is 6.92 Å². The number of nitrogen functional groups attached to an aromatic ring is 1. The molecule has 0 radical (unpaired) electrons. The van der Waals surface area contributed by atoms with Crippen LogP contribution in [0.4, 0.5) is 15.9 Å². The zero-order chi connectivity index (χ0) is 18.1. The number of nitro groups is 1. The molecule has 0 aliphatic rings. The van der Waals surface area contributed by atoms with Crippen LogP contribution in [0.1, 0.15) is 17.3 Å². The number of benzene rings is 1. The third-order valence-corrected chi connectivity index (χ3v) is 3.53. The van der Waals surface area contributed by atoms with Gasteiger partial charge in [0.15, 0.2) is 5.82 Å². The first-order valence-electron chi connectivity index (χ1n) is 7.17. The number of fused-ring (bicyclic) bond motifs is 1. The minimum atomic E-state index is -1.04. The number of nitro benzene ring substituents is 1. The van der Waals surface area contributed by atoms with Gasteiger partial charge in [-0.25, -0.2) is 14.3 Å². The standard InChI is InChI=1S/C15H12FN5O4/c1-2-25-15(22)9-6-20-13(14(17)18-7-19-20)12(9)8-3-4-11(21(23)24)10(16)5-8/h3-7H,2H2,1H3,(H2,17,18,19). The number of esters is 1. The molecule has 3 rings (SSSR count). The number of ether oxygens (including phenoxy) is 1. The van der Waals surface area contributed by atoms with Crippen LogP contribution in [0.3, 0.4) is 0 Å². The summed E-state index contributed by atoms with van der Waals surface area (Å²) >= 11 is 0. The number of aromatic nitrogens is 3. The number of rotatable bonds is 4. The quantitative estimate of drug-likeness (QED) is 0.436. The number of hydrogen-bond donors (Lipinski definition) is 1. The van der Waals surface area contributed by atoms with Gasteiger partial charge >= 0.3 is 11.7 Å². The Bertz CT molecular complexity index is 1000. The lowest BCUT2D eigenvalue weighted by Crippen LogP contribution is -2.05. The van der Waals surface area contributed by atoms with Gasteiger partial charge in [-0.15, -0.1) is 0 Å². The van der Waals surface area contributed by atoms with Crippen LogP contribution in [0.25, 0.3) is 16.6 Å². The van der Waals surface area contributed by atoms with Crippen molar-refractivity contribution in [3.8, 4) is 11.1 Å². The Labute approximate surface area is 140 Å². The van der Waals surface area contributed by atoms with Gasteiger partial charge in [0, 0.05) is 17.8 Å². The molecule has 1 aromatic carbocycles. The van der Waals surface area contributed by atoms with Gasteiger partial charge in [-0.2, -0.15) is 9.49 Å². The van der Waals surface area contributed by atoms with Crippen molar-refractivity contribution in [1.82, 2.24) is 14.6 Å². The van der Waals surface area contributed by atoms with E-state index in [9.17, 15) is 19.3 Å². The highest BCUT2D eigenvalue weighted by Crippen LogP contribution is 2.34. The lowest BCUT2D eigenvalue weighted by Gasteiger charge is -2.06. The van der Waals surface area contributed by atoms with E-state index in [0.717, 1.165) is 12.1 Å². The Morgan fingerprint density at radius 1 is 1.48 bits per heavy atom. The molecule has 0 spiro atoms. The normalized spacial score (nSPS) is 10.8. The minimum Gasteiger partial charge on any atom is -0.462 e. The summed E-state index contributed by atoms with van der Waals surface area (Å²) in [7, 11) is 0. The molecule has 0 atom stereocenters. The van der Waals surface area contributed by atoms with Gasteiger partial charge in [0.2, 0.25) is 5.82 Å². The van der Waals surface area contributed by atoms with Gasteiger partial charge < -0.3 is 10.5 Å². The molecule has 3 aromatic rings. The molecule has 128 valence electrons. The molecule has 0 fully saturated rings. The predicted octanol–water partition coefficient (Wildman–Crippen LogP) is 2.20. The third kappa shape index (κ3) is 2.73. The average Bonchev–Trinajstić information content (AvgIpc) is 2.95. The Hall–Kier alpha value is -3.56. The van der Waals surface area contributed by atoms with Crippen molar-refractivity contribution in [2.75, 3.05) is 12.3 Å². The fourth-order valence-corrected chi connectivity index (χ4v) is 2.50. The third-order valence-electron chi connectivity index (χ3n) is 3.53. The second-order valence-corrected chi connectivity index (χ2v) is 5.00. The van der Waals surface area contributed by atoms with E-state index in [-0.39, 0.29) is 34.6 Å². The summed E-state index contributed by atoms with van der Waals surface area (Å²) in [6.45, 7) is 1.79. The fraction of sp³-hybridized carbons (Fsp3) is 0.133. The summed E-state index contributed by atoms with van der Waals surface area (Å²) in [5, 5.41) is 14.8. The van der Waals surface area contributed by atoms with Crippen molar-refractivity contribution in [1.29, 1.82) is 0 Å². The summed E-state index contributed by atoms with van der Waals surface area (Å²) < 4.78 is 20.4. The summed E-state index contributed by atoms with van der Waals surface area (Å²) in [5.41, 5.74) is 6.03. The maximum atomic E-state index is 14.0. The van der Waals surface area contributed by atoms with Gasteiger partial charge in [0.1, 0.15) is 11.8 Å². The van der Waals surface area contributed by atoms with Gasteiger partial charge in [-0.3, -0.25) is 10.1 Å². The molecule has 2 N–H and O–H groups in total. The molecule has 0 aliphatic heterocycles. The van der Waals surface area contributed by atoms with Crippen LogP contribution in [-0.4, -0.2) is 32.1 Å². The van der Waals surface area contributed by atoms with E-state index < -0.39 is 22.4 Å². The van der Waals surface area contributed by atoms with Crippen LogP contribution in [-0.2, 0) is 4.74 Å². The zero-order valence-electron chi connectivity index (χ0n) is 13.0. The zero-order valence-corrected chi connectivity index (χ0v) is 13.0. The van der Waals surface area contributed by atoms with Gasteiger partial charge in [-0.1, -0.05) is 0 Å². The van der Waals surface area contributed by atoms with E-state index in [2.05, 4.69) is 10.1 Å². The van der Waals surface area contributed by atoms with Gasteiger partial charge in [0.25, 0.3) is 0 Å². The monoisotopic (exact) mass is 345 g/mol. The number of hydrogen-bond acceptors (Lipinski definition) is 7. The van der Waals surface area contributed by atoms with Crippen molar-refractivity contribution in [3.05, 3.63) is 52.2 Å². The number of carbonyl (C=O) groups excluding carboxylic acids is 1. The molecular formula is C15H12FN5O4. The molecule has 2 aromatic heterocycles. The molecule has 9 nitrogen and oxygen atoms in total. The highest BCUT2D eigenvalue weighted by atomic mass is 19.1. The molecular weight excluding hydrogens is 333 g/mol. The highest BCUT2D eigenvalue weighted by Gasteiger charge is 2.24. The van der Waals surface area contributed by atoms with Crippen LogP contribution in [0.5, 0.6) is 0 Å². The Morgan fingerprint density at radius 3 is 2.88 bits per heavy atom. The highest BCUT2D eigenvalue weighted by molar-refractivity contribution is 6.04. The molecule has 0 aliphatic carbocycles. The second kappa shape index (κ2) is 6.15.